The largest absolute Gasteiger partial charge is 0.497 e. The van der Waals surface area contributed by atoms with Crippen LogP contribution in [0.3, 0.4) is 0 Å². The van der Waals surface area contributed by atoms with E-state index in [0.29, 0.717) is 11.8 Å². The van der Waals surface area contributed by atoms with Crippen molar-refractivity contribution in [3.05, 3.63) is 59.7 Å². The molecule has 0 saturated carbocycles. The van der Waals surface area contributed by atoms with Gasteiger partial charge in [-0.25, -0.2) is 4.98 Å². The summed E-state index contributed by atoms with van der Waals surface area (Å²) in [6.45, 7) is 8.11. The van der Waals surface area contributed by atoms with Crippen LogP contribution < -0.4 is 4.74 Å². The van der Waals surface area contributed by atoms with Crippen LogP contribution in [0.15, 0.2) is 48.5 Å². The molecule has 2 heterocycles. The number of carbonyl (C=O) groups excluding carboxylic acids is 1. The lowest BCUT2D eigenvalue weighted by molar-refractivity contribution is 0.0624. The Hall–Kier alpha value is -2.88. The number of benzene rings is 2. The number of amides is 1. The molecule has 1 fully saturated rings. The van der Waals surface area contributed by atoms with Gasteiger partial charge in [0.1, 0.15) is 5.75 Å². The van der Waals surface area contributed by atoms with Crippen LogP contribution in [0.4, 0.5) is 0 Å². The Labute approximate surface area is 172 Å². The minimum absolute atomic E-state index is 0.120. The molecule has 0 radical (unpaired) electrons. The van der Waals surface area contributed by atoms with E-state index in [0.717, 1.165) is 52.1 Å². The summed E-state index contributed by atoms with van der Waals surface area (Å²) >= 11 is 0. The van der Waals surface area contributed by atoms with Gasteiger partial charge in [0.05, 0.1) is 23.9 Å². The summed E-state index contributed by atoms with van der Waals surface area (Å²) in [6.07, 6.45) is 1.18. The number of ether oxygens (including phenoxy) is 1. The topological polar surface area (TPSA) is 42.4 Å². The minimum atomic E-state index is 0.120. The van der Waals surface area contributed by atoms with Crippen molar-refractivity contribution in [2.75, 3.05) is 20.2 Å². The maximum atomic E-state index is 13.7. The van der Waals surface area contributed by atoms with Crippen LogP contribution in [0, 0.1) is 18.8 Å². The van der Waals surface area contributed by atoms with Crippen molar-refractivity contribution in [1.82, 2.24) is 9.88 Å². The molecule has 29 heavy (non-hydrogen) atoms. The molecule has 3 aromatic rings. The number of methoxy groups -OCH3 is 1. The number of hydrogen-bond acceptors (Lipinski definition) is 3. The molecule has 2 aromatic carbocycles. The maximum Gasteiger partial charge on any atom is 0.254 e. The van der Waals surface area contributed by atoms with Crippen LogP contribution in [0.5, 0.6) is 5.75 Å². The monoisotopic (exact) mass is 388 g/mol. The first-order chi connectivity index (χ1) is 14.0. The fourth-order valence-electron chi connectivity index (χ4n) is 4.60. The van der Waals surface area contributed by atoms with Crippen molar-refractivity contribution >= 4 is 16.8 Å². The second-order valence-electron chi connectivity index (χ2n) is 8.36. The van der Waals surface area contributed by atoms with Gasteiger partial charge in [0.25, 0.3) is 5.91 Å². The molecule has 1 saturated heterocycles. The molecule has 2 unspecified atom stereocenters. The van der Waals surface area contributed by atoms with Crippen LogP contribution in [-0.4, -0.2) is 36.0 Å². The van der Waals surface area contributed by atoms with Gasteiger partial charge in [-0.15, -0.1) is 0 Å². The second-order valence-corrected chi connectivity index (χ2v) is 8.36. The predicted molar refractivity (Wildman–Crippen MR) is 117 cm³/mol. The molecule has 0 bridgehead atoms. The van der Waals surface area contributed by atoms with E-state index in [9.17, 15) is 4.79 Å². The number of aromatic nitrogens is 1. The van der Waals surface area contributed by atoms with Crippen molar-refractivity contribution < 1.29 is 9.53 Å². The van der Waals surface area contributed by atoms with Crippen molar-refractivity contribution in [2.45, 2.75) is 27.2 Å². The normalized spacial score (nSPS) is 19.4. The first kappa shape index (κ1) is 19.4. The number of piperidine rings is 1. The highest BCUT2D eigenvalue weighted by Crippen LogP contribution is 2.32. The van der Waals surface area contributed by atoms with Crippen LogP contribution in [0.2, 0.25) is 0 Å². The average molecular weight is 389 g/mol. The van der Waals surface area contributed by atoms with E-state index in [-0.39, 0.29) is 5.91 Å². The molecule has 1 aromatic heterocycles. The summed E-state index contributed by atoms with van der Waals surface area (Å²) in [7, 11) is 1.66. The zero-order valence-electron chi connectivity index (χ0n) is 17.6. The number of nitrogens with zero attached hydrogens (tertiary/aromatic N) is 2. The smallest absolute Gasteiger partial charge is 0.254 e. The van der Waals surface area contributed by atoms with E-state index >= 15 is 0 Å². The number of likely N-dealkylation sites (tertiary alicyclic amines) is 1. The van der Waals surface area contributed by atoms with Gasteiger partial charge in [-0.1, -0.05) is 32.0 Å². The van der Waals surface area contributed by atoms with Gasteiger partial charge >= 0.3 is 0 Å². The molecular weight excluding hydrogens is 360 g/mol. The summed E-state index contributed by atoms with van der Waals surface area (Å²) in [5, 5.41) is 0.929. The van der Waals surface area contributed by atoms with E-state index in [1.165, 1.54) is 6.42 Å². The van der Waals surface area contributed by atoms with Gasteiger partial charge in [0, 0.05) is 24.0 Å². The van der Waals surface area contributed by atoms with E-state index in [2.05, 4.69) is 13.8 Å². The molecule has 0 spiro atoms. The predicted octanol–water partition coefficient (Wildman–Crippen LogP) is 5.34. The molecule has 0 N–H and O–H groups in total. The highest BCUT2D eigenvalue weighted by atomic mass is 16.5. The summed E-state index contributed by atoms with van der Waals surface area (Å²) in [5.41, 5.74) is 4.41. The molecule has 150 valence electrons. The molecule has 1 amide bonds. The number of fused-ring (bicyclic) bond motifs is 1. The van der Waals surface area contributed by atoms with Gasteiger partial charge < -0.3 is 9.64 Å². The standard InChI is InChI=1S/C25H28N2O2/c1-16-13-17(2)15-27(14-16)25(28)23-18(3)24(19-9-11-20(29-4)12-10-19)26-22-8-6-5-7-21(22)23/h5-12,16-17H,13-15H2,1-4H3. The summed E-state index contributed by atoms with van der Waals surface area (Å²) in [4.78, 5) is 20.6. The summed E-state index contributed by atoms with van der Waals surface area (Å²) in [5.74, 6) is 1.98. The number of para-hydroxylation sites is 1. The van der Waals surface area contributed by atoms with Gasteiger partial charge in [-0.05, 0) is 61.1 Å². The Morgan fingerprint density at radius 2 is 1.69 bits per heavy atom. The third-order valence-corrected chi connectivity index (χ3v) is 5.87. The fraction of sp³-hybridized carbons (Fsp3) is 0.360. The van der Waals surface area contributed by atoms with Gasteiger partial charge in [-0.2, -0.15) is 0 Å². The highest BCUT2D eigenvalue weighted by molar-refractivity contribution is 6.09. The van der Waals surface area contributed by atoms with Gasteiger partial charge in [-0.3, -0.25) is 4.79 Å². The molecule has 4 rings (SSSR count). The Kier molecular flexibility index (Phi) is 5.27. The first-order valence-electron chi connectivity index (χ1n) is 10.3. The lowest BCUT2D eigenvalue weighted by Gasteiger charge is -2.35. The van der Waals surface area contributed by atoms with Gasteiger partial charge in [0.2, 0.25) is 0 Å². The first-order valence-corrected chi connectivity index (χ1v) is 10.3. The number of pyridine rings is 1. The maximum absolute atomic E-state index is 13.7. The fourth-order valence-corrected chi connectivity index (χ4v) is 4.60. The molecule has 0 aliphatic carbocycles. The Morgan fingerprint density at radius 3 is 2.34 bits per heavy atom. The third kappa shape index (κ3) is 3.71. The zero-order chi connectivity index (χ0) is 20.5. The molecule has 4 nitrogen and oxygen atoms in total. The average Bonchev–Trinajstić information content (AvgIpc) is 2.72. The highest BCUT2D eigenvalue weighted by Gasteiger charge is 2.29. The number of carbonyl (C=O) groups is 1. The molecule has 2 atom stereocenters. The number of hydrogen-bond donors (Lipinski definition) is 0. The zero-order valence-corrected chi connectivity index (χ0v) is 17.6. The van der Waals surface area contributed by atoms with Crippen molar-refractivity contribution in [2.24, 2.45) is 11.8 Å². The Bertz CT molecular complexity index is 1030. The van der Waals surface area contributed by atoms with E-state index in [1.54, 1.807) is 7.11 Å². The van der Waals surface area contributed by atoms with E-state index in [1.807, 2.05) is 60.4 Å². The molecular formula is C25H28N2O2. The Morgan fingerprint density at radius 1 is 1.03 bits per heavy atom. The lowest BCUT2D eigenvalue weighted by atomic mass is 9.90. The Balaban J connectivity index is 1.85. The molecule has 4 heteroatoms. The van der Waals surface area contributed by atoms with Crippen LogP contribution in [0.25, 0.3) is 22.2 Å². The van der Waals surface area contributed by atoms with Crippen molar-refractivity contribution in [3.63, 3.8) is 0 Å². The third-order valence-electron chi connectivity index (χ3n) is 5.87. The van der Waals surface area contributed by atoms with Crippen LogP contribution >= 0.6 is 0 Å². The SMILES string of the molecule is COc1ccc(-c2nc3ccccc3c(C(=O)N3CC(C)CC(C)C3)c2C)cc1. The van der Waals surface area contributed by atoms with Gasteiger partial charge in [0.15, 0.2) is 0 Å². The van der Waals surface area contributed by atoms with Crippen LogP contribution in [-0.2, 0) is 0 Å². The quantitative estimate of drug-likeness (QED) is 0.608. The van der Waals surface area contributed by atoms with E-state index in [4.69, 9.17) is 9.72 Å². The molecule has 1 aliphatic heterocycles. The lowest BCUT2D eigenvalue weighted by Crippen LogP contribution is -2.43. The van der Waals surface area contributed by atoms with Crippen molar-refractivity contribution in [1.29, 1.82) is 0 Å². The summed E-state index contributed by atoms with van der Waals surface area (Å²) < 4.78 is 5.29. The second kappa shape index (κ2) is 7.86. The van der Waals surface area contributed by atoms with Crippen molar-refractivity contribution in [3.8, 4) is 17.0 Å². The summed E-state index contributed by atoms with van der Waals surface area (Å²) in [6, 6.07) is 15.8. The van der Waals surface area contributed by atoms with Crippen LogP contribution in [0.1, 0.15) is 36.2 Å². The molecule has 1 aliphatic rings. The number of rotatable bonds is 3. The minimum Gasteiger partial charge on any atom is -0.497 e. The van der Waals surface area contributed by atoms with E-state index < -0.39 is 0 Å².